The van der Waals surface area contributed by atoms with Crippen molar-refractivity contribution in [2.24, 2.45) is 5.73 Å². The number of imidazole rings is 1. The molecule has 0 saturated heterocycles. The van der Waals surface area contributed by atoms with Gasteiger partial charge in [0.1, 0.15) is 5.82 Å². The molecular formula is C11H18N4O2S2. The molecule has 1 heterocycles. The summed E-state index contributed by atoms with van der Waals surface area (Å²) in [6.45, 7) is 2.25. The summed E-state index contributed by atoms with van der Waals surface area (Å²) in [7, 11) is -3.52. The maximum Gasteiger partial charge on any atom is 0.260 e. The van der Waals surface area contributed by atoms with Gasteiger partial charge in [-0.15, -0.1) is 0 Å². The van der Waals surface area contributed by atoms with E-state index in [2.05, 4.69) is 9.97 Å². The monoisotopic (exact) mass is 302 g/mol. The Morgan fingerprint density at radius 1 is 1.63 bits per heavy atom. The highest BCUT2D eigenvalue weighted by atomic mass is 32.2. The molecule has 106 valence electrons. The normalized spacial score (nSPS) is 15.9. The molecule has 3 N–H and O–H groups in total. The Balaban J connectivity index is 2.21. The molecule has 1 aromatic rings. The summed E-state index contributed by atoms with van der Waals surface area (Å²) in [4.78, 5) is 7.23. The number of aromatic amines is 1. The van der Waals surface area contributed by atoms with Gasteiger partial charge in [0.05, 0.1) is 11.2 Å². The summed E-state index contributed by atoms with van der Waals surface area (Å²) >= 11 is 4.82. The average molecular weight is 302 g/mol. The molecule has 0 amide bonds. The zero-order chi connectivity index (χ0) is 14.0. The van der Waals surface area contributed by atoms with Gasteiger partial charge in [0.15, 0.2) is 5.03 Å². The van der Waals surface area contributed by atoms with Crippen LogP contribution >= 0.6 is 12.2 Å². The molecule has 0 bridgehead atoms. The van der Waals surface area contributed by atoms with Crippen molar-refractivity contribution in [3.8, 4) is 0 Å². The summed E-state index contributed by atoms with van der Waals surface area (Å²) in [6, 6.07) is 0.0766. The first-order valence-corrected chi connectivity index (χ1v) is 8.14. The van der Waals surface area contributed by atoms with Gasteiger partial charge in [-0.05, 0) is 12.8 Å². The number of hydrogen-bond acceptors (Lipinski definition) is 4. The van der Waals surface area contributed by atoms with E-state index in [0.29, 0.717) is 30.2 Å². The van der Waals surface area contributed by atoms with Gasteiger partial charge in [0.25, 0.3) is 10.0 Å². The van der Waals surface area contributed by atoms with Crippen molar-refractivity contribution in [3.05, 3.63) is 12.0 Å². The van der Waals surface area contributed by atoms with Crippen molar-refractivity contribution in [2.75, 3.05) is 6.54 Å². The van der Waals surface area contributed by atoms with E-state index < -0.39 is 10.0 Å². The summed E-state index contributed by atoms with van der Waals surface area (Å²) in [5.74, 6) is 0.670. The zero-order valence-electron chi connectivity index (χ0n) is 10.8. The second-order valence-electron chi connectivity index (χ2n) is 4.61. The van der Waals surface area contributed by atoms with Crippen LogP contribution in [0.1, 0.15) is 32.0 Å². The molecule has 19 heavy (non-hydrogen) atoms. The first-order chi connectivity index (χ1) is 8.95. The Kier molecular flexibility index (Phi) is 4.22. The highest BCUT2D eigenvalue weighted by molar-refractivity contribution is 7.89. The highest BCUT2D eigenvalue weighted by Gasteiger charge is 2.38. The molecule has 1 aliphatic rings. The number of rotatable bonds is 7. The van der Waals surface area contributed by atoms with E-state index in [-0.39, 0.29) is 11.1 Å². The van der Waals surface area contributed by atoms with Crippen LogP contribution in [0.4, 0.5) is 0 Å². The topological polar surface area (TPSA) is 92.1 Å². The Hall–Kier alpha value is -0.990. The minimum absolute atomic E-state index is 0.0766. The number of nitrogens with two attached hydrogens (primary N) is 1. The largest absolute Gasteiger partial charge is 0.393 e. The number of aryl methyl sites for hydroxylation is 1. The first-order valence-electron chi connectivity index (χ1n) is 6.29. The lowest BCUT2D eigenvalue weighted by Crippen LogP contribution is -2.35. The van der Waals surface area contributed by atoms with Crippen LogP contribution in [-0.4, -0.2) is 40.3 Å². The van der Waals surface area contributed by atoms with Crippen molar-refractivity contribution in [1.82, 2.24) is 14.3 Å². The van der Waals surface area contributed by atoms with E-state index in [0.717, 1.165) is 12.8 Å². The zero-order valence-corrected chi connectivity index (χ0v) is 12.4. The number of aromatic nitrogens is 2. The Morgan fingerprint density at radius 2 is 2.32 bits per heavy atom. The Labute approximate surface area is 118 Å². The third-order valence-electron chi connectivity index (χ3n) is 3.06. The molecule has 1 aromatic heterocycles. The quantitative estimate of drug-likeness (QED) is 0.727. The van der Waals surface area contributed by atoms with Gasteiger partial charge in [-0.2, -0.15) is 4.31 Å². The molecule has 6 nitrogen and oxygen atoms in total. The van der Waals surface area contributed by atoms with Gasteiger partial charge in [0, 0.05) is 25.4 Å². The number of nitrogens with zero attached hydrogens (tertiary/aromatic N) is 2. The van der Waals surface area contributed by atoms with Crippen LogP contribution in [0.3, 0.4) is 0 Å². The van der Waals surface area contributed by atoms with E-state index in [1.807, 2.05) is 6.92 Å². The first kappa shape index (κ1) is 14.4. The predicted octanol–water partition coefficient (Wildman–Crippen LogP) is 0.801. The van der Waals surface area contributed by atoms with Gasteiger partial charge >= 0.3 is 0 Å². The fourth-order valence-corrected chi connectivity index (χ4v) is 3.57. The molecule has 0 atom stereocenters. The molecule has 2 rings (SSSR count). The summed E-state index contributed by atoms with van der Waals surface area (Å²) in [6.07, 6.45) is 4.24. The summed E-state index contributed by atoms with van der Waals surface area (Å²) in [5, 5.41) is 0.152. The fourth-order valence-electron chi connectivity index (χ4n) is 1.86. The van der Waals surface area contributed by atoms with Gasteiger partial charge in [-0.25, -0.2) is 13.4 Å². The van der Waals surface area contributed by atoms with E-state index in [1.54, 1.807) is 0 Å². The van der Waals surface area contributed by atoms with Crippen LogP contribution < -0.4 is 5.73 Å². The minimum atomic E-state index is -3.52. The maximum absolute atomic E-state index is 12.5. The van der Waals surface area contributed by atoms with Crippen molar-refractivity contribution >= 4 is 27.2 Å². The third kappa shape index (κ3) is 3.31. The van der Waals surface area contributed by atoms with Gasteiger partial charge in [-0.3, -0.25) is 0 Å². The number of sulfonamides is 1. The van der Waals surface area contributed by atoms with E-state index in [4.69, 9.17) is 18.0 Å². The molecule has 0 aromatic carbocycles. The number of H-pyrrole nitrogens is 1. The van der Waals surface area contributed by atoms with Crippen LogP contribution in [0.15, 0.2) is 11.2 Å². The van der Waals surface area contributed by atoms with Crippen LogP contribution in [-0.2, 0) is 16.4 Å². The Morgan fingerprint density at radius 3 is 2.79 bits per heavy atom. The number of nitrogens with one attached hydrogen (secondary N) is 1. The highest BCUT2D eigenvalue weighted by Crippen LogP contribution is 2.31. The van der Waals surface area contributed by atoms with Crippen molar-refractivity contribution in [3.63, 3.8) is 0 Å². The number of hydrogen-bond donors (Lipinski definition) is 2. The molecule has 0 aliphatic heterocycles. The molecule has 8 heteroatoms. The summed E-state index contributed by atoms with van der Waals surface area (Å²) < 4.78 is 26.5. The van der Waals surface area contributed by atoms with E-state index in [9.17, 15) is 8.42 Å². The molecule has 0 unspecified atom stereocenters. The Bertz CT molecular complexity index is 563. The predicted molar refractivity (Wildman–Crippen MR) is 76.3 cm³/mol. The second kappa shape index (κ2) is 5.56. The van der Waals surface area contributed by atoms with Crippen LogP contribution in [0.25, 0.3) is 0 Å². The minimum Gasteiger partial charge on any atom is -0.393 e. The van der Waals surface area contributed by atoms with Crippen molar-refractivity contribution in [2.45, 2.75) is 43.7 Å². The fraction of sp³-hybridized carbons (Fsp3) is 0.636. The third-order valence-corrected chi connectivity index (χ3v) is 5.12. The van der Waals surface area contributed by atoms with E-state index in [1.165, 1.54) is 10.5 Å². The van der Waals surface area contributed by atoms with Crippen LogP contribution in [0.2, 0.25) is 0 Å². The lowest BCUT2D eigenvalue weighted by molar-refractivity contribution is 0.411. The van der Waals surface area contributed by atoms with Gasteiger partial charge in [-0.1, -0.05) is 19.1 Å². The molecule has 0 spiro atoms. The van der Waals surface area contributed by atoms with Crippen LogP contribution in [0, 0.1) is 0 Å². The molecular weight excluding hydrogens is 284 g/mol. The molecule has 1 saturated carbocycles. The standard InChI is InChI=1S/C11H18N4O2S2/c1-2-10-13-7-11(14-10)19(16,17)15(8-3-4-8)6-5-9(12)18/h7-8H,2-6H2,1H3,(H2,12,18)(H,13,14). The SMILES string of the molecule is CCc1ncc(S(=O)(=O)N(CCC(N)=S)C2CC2)[nH]1. The molecule has 1 fully saturated rings. The molecule has 1 aliphatic carbocycles. The molecule has 0 radical (unpaired) electrons. The lowest BCUT2D eigenvalue weighted by atomic mass is 10.4. The summed E-state index contributed by atoms with van der Waals surface area (Å²) in [5.41, 5.74) is 5.46. The smallest absolute Gasteiger partial charge is 0.260 e. The van der Waals surface area contributed by atoms with Crippen molar-refractivity contribution in [1.29, 1.82) is 0 Å². The van der Waals surface area contributed by atoms with Gasteiger partial charge < -0.3 is 10.7 Å². The van der Waals surface area contributed by atoms with Crippen molar-refractivity contribution < 1.29 is 8.42 Å². The maximum atomic E-state index is 12.5. The average Bonchev–Trinajstić information content (AvgIpc) is 3.05. The second-order valence-corrected chi connectivity index (χ2v) is 6.99. The number of thiocarbonyl (C=S) groups is 1. The van der Waals surface area contributed by atoms with Gasteiger partial charge in [0.2, 0.25) is 0 Å². The lowest BCUT2D eigenvalue weighted by Gasteiger charge is -2.20. The van der Waals surface area contributed by atoms with E-state index >= 15 is 0 Å². The van der Waals surface area contributed by atoms with Crippen LogP contribution in [0.5, 0.6) is 0 Å².